The minimum Gasteiger partial charge on any atom is -0.344 e. The number of hydrogen-bond donors (Lipinski definition) is 0. The van der Waals surface area contributed by atoms with Gasteiger partial charge in [0.25, 0.3) is 0 Å². The smallest absolute Gasteiger partial charge is 0.0541 e. The van der Waals surface area contributed by atoms with Crippen molar-refractivity contribution in [2.45, 2.75) is 13.8 Å². The molecule has 0 N–H and O–H groups in total. The zero-order valence-corrected chi connectivity index (χ0v) is 72.7. The first-order valence-electron chi connectivity index (χ1n) is 43.9. The highest BCUT2D eigenvalue weighted by Crippen LogP contribution is 2.47. The van der Waals surface area contributed by atoms with E-state index in [0.717, 1.165) is 45.5 Å². The number of hydrogen-bond acceptors (Lipinski definition) is 4. The van der Waals surface area contributed by atoms with E-state index in [4.69, 9.17) is 0 Å². The van der Waals surface area contributed by atoms with Crippen molar-refractivity contribution in [3.63, 3.8) is 0 Å². The Morgan fingerprint density at radius 3 is 0.898 bits per heavy atom. The fourth-order valence-corrected chi connectivity index (χ4v) is 22.4. The Kier molecular flexibility index (Phi) is 18.5. The molecule has 0 atom stereocenters. The Morgan fingerprint density at radius 2 is 0.492 bits per heavy atom. The van der Waals surface area contributed by atoms with Crippen LogP contribution in [0.1, 0.15) is 11.1 Å². The van der Waals surface area contributed by atoms with Crippen LogP contribution in [-0.2, 0) is 14.1 Å². The lowest BCUT2D eigenvalue weighted by Gasteiger charge is -2.25. The molecule has 0 radical (unpaired) electrons. The lowest BCUT2D eigenvalue weighted by atomic mass is 9.93. The van der Waals surface area contributed by atoms with Gasteiger partial charge < -0.3 is 28.1 Å². The molecule has 0 aliphatic carbocycles. The lowest BCUT2D eigenvalue weighted by Crippen LogP contribution is -2.09. The summed E-state index contributed by atoms with van der Waals surface area (Å²) in [5, 5.41) is 20.6. The molecule has 0 saturated heterocycles. The zero-order chi connectivity index (χ0) is 85.2. The van der Waals surface area contributed by atoms with E-state index in [1.807, 2.05) is 22.7 Å². The van der Waals surface area contributed by atoms with Crippen molar-refractivity contribution in [1.82, 2.24) is 18.3 Å². The fourth-order valence-electron chi connectivity index (χ4n) is 20.1. The molecule has 6 aromatic heterocycles. The zero-order valence-electron chi connectivity index (χ0n) is 71.1. The topological polar surface area (TPSA) is 26.2 Å². The third-order valence-corrected chi connectivity index (χ3v) is 28.4. The molecule has 0 saturated carbocycles. The predicted octanol–water partition coefficient (Wildman–Crippen LogP) is 34.1. The molecule has 6 nitrogen and oxygen atoms in total. The van der Waals surface area contributed by atoms with Gasteiger partial charge in [0.05, 0.1) is 22.1 Å². The van der Waals surface area contributed by atoms with E-state index in [2.05, 4.69) is 493 Å². The highest BCUT2D eigenvalue weighted by molar-refractivity contribution is 7.26. The van der Waals surface area contributed by atoms with Gasteiger partial charge in [0, 0.05) is 165 Å². The molecule has 0 unspecified atom stereocenters. The Labute approximate surface area is 749 Å². The van der Waals surface area contributed by atoms with Gasteiger partial charge in [-0.2, -0.15) is 0 Å². The molecule has 0 bridgehead atoms. The van der Waals surface area contributed by atoms with Crippen LogP contribution in [0.25, 0.3) is 194 Å². The molecule has 26 aromatic rings. The molecule has 26 rings (SSSR count). The van der Waals surface area contributed by atoms with Crippen LogP contribution in [0.2, 0.25) is 0 Å². The molecular weight excluding hydrogens is 1590 g/mol. The monoisotopic (exact) mass is 1670 g/mol. The number of aryl methyl sites for hydroxylation is 4. The van der Waals surface area contributed by atoms with Crippen LogP contribution in [0.5, 0.6) is 0 Å². The maximum absolute atomic E-state index is 2.44. The third-order valence-electron chi connectivity index (χ3n) is 26.2. The first-order valence-corrected chi connectivity index (χ1v) is 45.5. The van der Waals surface area contributed by atoms with Crippen molar-refractivity contribution in [2.24, 2.45) is 14.1 Å². The highest BCUT2D eigenvalue weighted by Gasteiger charge is 2.23. The van der Waals surface area contributed by atoms with Gasteiger partial charge in [-0.25, -0.2) is 0 Å². The number of para-hydroxylation sites is 6. The number of rotatable bonds is 11. The molecule has 6 heterocycles. The van der Waals surface area contributed by atoms with Crippen LogP contribution >= 0.6 is 22.7 Å². The van der Waals surface area contributed by atoms with Crippen molar-refractivity contribution in [3.8, 4) is 44.8 Å². The molecule has 0 aliphatic rings. The van der Waals surface area contributed by atoms with Gasteiger partial charge in [-0.3, -0.25) is 0 Å². The fraction of sp³-hybridized carbons (Fsp3) is 0.0333. The molecule has 606 valence electrons. The summed E-state index contributed by atoms with van der Waals surface area (Å²) in [6.45, 7) is 4.29. The van der Waals surface area contributed by atoms with Gasteiger partial charge in [-0.1, -0.05) is 266 Å². The molecule has 128 heavy (non-hydrogen) atoms. The average molecular weight is 1670 g/mol. The van der Waals surface area contributed by atoms with Crippen LogP contribution < -0.4 is 9.80 Å². The minimum absolute atomic E-state index is 1.13. The summed E-state index contributed by atoms with van der Waals surface area (Å²) in [5.41, 5.74) is 29.0. The van der Waals surface area contributed by atoms with Gasteiger partial charge in [0.2, 0.25) is 0 Å². The maximum atomic E-state index is 2.44. The van der Waals surface area contributed by atoms with Crippen LogP contribution in [0.15, 0.2) is 437 Å². The SMILES string of the molecule is Cc1ccc2c(-c3cccc4cc(C)ccc34)cccc2c1.Cn1c2ccc(N(c3ccccc3)c3ccccc3)cc2c2cc(-n3c4ccccc4c4cc(-c5ccc6c(c5)sc5ccccc56)ccc43)ccc21.Cn1c2ccc(N(c3ccccc3)c3ccccc3)cc2c2cc(-n3c4ccccc4c4cc(-c5ccc6c(c5)sc5ccccc56)ccc43)ccc21. The molecule has 0 fully saturated rings. The van der Waals surface area contributed by atoms with Crippen molar-refractivity contribution in [3.05, 3.63) is 448 Å². The number of fused-ring (bicyclic) bond motifs is 20. The van der Waals surface area contributed by atoms with Crippen LogP contribution in [0.4, 0.5) is 34.1 Å². The summed E-state index contributed by atoms with van der Waals surface area (Å²) >= 11 is 3.75. The van der Waals surface area contributed by atoms with E-state index in [9.17, 15) is 0 Å². The van der Waals surface area contributed by atoms with E-state index in [1.165, 1.54) is 194 Å². The van der Waals surface area contributed by atoms with Crippen molar-refractivity contribution < 1.29 is 0 Å². The molecular formula is C120H84N6S2. The maximum Gasteiger partial charge on any atom is 0.0541 e. The van der Waals surface area contributed by atoms with Gasteiger partial charge in [-0.15, -0.1) is 22.7 Å². The van der Waals surface area contributed by atoms with E-state index in [0.29, 0.717) is 0 Å². The summed E-state index contributed by atoms with van der Waals surface area (Å²) in [4.78, 5) is 4.68. The molecule has 20 aromatic carbocycles. The molecule has 0 aliphatic heterocycles. The normalized spacial score (nSPS) is 11.8. The average Bonchev–Trinajstić information content (AvgIpc) is 1.57. The molecule has 0 amide bonds. The number of nitrogens with zero attached hydrogens (tertiary/aromatic N) is 6. The van der Waals surface area contributed by atoms with Crippen molar-refractivity contribution in [2.75, 3.05) is 9.80 Å². The second-order valence-corrected chi connectivity index (χ2v) is 36.0. The van der Waals surface area contributed by atoms with E-state index in [-0.39, 0.29) is 0 Å². The second-order valence-electron chi connectivity index (χ2n) is 33.8. The quantitative estimate of drug-likeness (QED) is 0.129. The highest BCUT2D eigenvalue weighted by atomic mass is 32.1. The van der Waals surface area contributed by atoms with Crippen molar-refractivity contribution >= 4 is 206 Å². The van der Waals surface area contributed by atoms with Crippen molar-refractivity contribution in [1.29, 1.82) is 0 Å². The van der Waals surface area contributed by atoms with Gasteiger partial charge in [0.1, 0.15) is 0 Å². The molecule has 0 spiro atoms. The Balaban J connectivity index is 0.000000116. The molecule has 8 heteroatoms. The Hall–Kier alpha value is -15.8. The van der Waals surface area contributed by atoms with Crippen LogP contribution in [0, 0.1) is 13.8 Å². The number of benzene rings is 20. The lowest BCUT2D eigenvalue weighted by molar-refractivity contribution is 1.01. The van der Waals surface area contributed by atoms with E-state index in [1.54, 1.807) is 0 Å². The van der Waals surface area contributed by atoms with Crippen LogP contribution in [0.3, 0.4) is 0 Å². The predicted molar refractivity (Wildman–Crippen MR) is 552 cm³/mol. The second kappa shape index (κ2) is 31.1. The Morgan fingerprint density at radius 1 is 0.188 bits per heavy atom. The van der Waals surface area contributed by atoms with Crippen LogP contribution in [-0.4, -0.2) is 18.3 Å². The number of anilines is 6. The van der Waals surface area contributed by atoms with E-state index < -0.39 is 0 Å². The summed E-state index contributed by atoms with van der Waals surface area (Å²) < 4.78 is 14.8. The standard InChI is InChI=1S/2C49H33N3S.C22H18/c2*1-50-44-26-22-36(51(34-12-4-2-5-13-34)35-14-6-3-7-15-35)30-42(44)43-31-37(23-27-45(43)50)52-46-18-10-8-16-38(46)41-28-32(21-25-47(41)52)33-20-24-40-39-17-9-11-19-48(39)53-49(40)29-33;1-15-9-11-19-17(13-15)5-3-7-21(19)22-8-4-6-18-14-16(2)10-12-20(18)22/h2*2-31H,1H3;3-14H,1-2H3. The van der Waals surface area contributed by atoms with Gasteiger partial charge in [-0.05, 0) is 251 Å². The van der Waals surface area contributed by atoms with Gasteiger partial charge >= 0.3 is 0 Å². The van der Waals surface area contributed by atoms with E-state index >= 15 is 0 Å². The first-order chi connectivity index (χ1) is 63.1. The Bertz CT molecular complexity index is 8300. The number of thiophene rings is 2. The summed E-state index contributed by atoms with van der Waals surface area (Å²) in [6, 6.07) is 160. The van der Waals surface area contributed by atoms with Gasteiger partial charge in [0.15, 0.2) is 0 Å². The summed E-state index contributed by atoms with van der Waals surface area (Å²) in [5.74, 6) is 0. The number of aromatic nitrogens is 4. The largest absolute Gasteiger partial charge is 0.344 e. The third kappa shape index (κ3) is 13.0. The minimum atomic E-state index is 1.13. The summed E-state index contributed by atoms with van der Waals surface area (Å²) in [7, 11) is 4.35. The first kappa shape index (κ1) is 75.9. The summed E-state index contributed by atoms with van der Waals surface area (Å²) in [6.07, 6.45) is 0.